The number of halogens is 5. The van der Waals surface area contributed by atoms with Crippen LogP contribution in [0.2, 0.25) is 10.0 Å². The Bertz CT molecular complexity index is 1610. The number of aliphatic hydroxyl groups is 1. The van der Waals surface area contributed by atoms with Crippen molar-refractivity contribution in [3.8, 4) is 17.0 Å². The van der Waals surface area contributed by atoms with Crippen LogP contribution in [0.15, 0.2) is 85.3 Å². The topological polar surface area (TPSA) is 60.2 Å². The lowest BCUT2D eigenvalue weighted by molar-refractivity contribution is -0.153. The van der Waals surface area contributed by atoms with Gasteiger partial charge in [-0.05, 0) is 41.0 Å². The van der Waals surface area contributed by atoms with Crippen LogP contribution >= 0.6 is 23.2 Å². The molecule has 0 bridgehead atoms. The third-order valence-corrected chi connectivity index (χ3v) is 6.84. The van der Waals surface area contributed by atoms with E-state index < -0.39 is 18.4 Å². The summed E-state index contributed by atoms with van der Waals surface area (Å²) in [6.07, 6.45) is -1.43. The fraction of sp³-hybridized carbons (Fsp3) is 0.143. The van der Waals surface area contributed by atoms with Crippen LogP contribution in [0.3, 0.4) is 0 Å². The van der Waals surface area contributed by atoms with Gasteiger partial charge in [0.05, 0.1) is 34.3 Å². The number of rotatable bonds is 6. The van der Waals surface area contributed by atoms with Gasteiger partial charge in [-0.15, -0.1) is 0 Å². The van der Waals surface area contributed by atoms with Crippen LogP contribution in [0.4, 0.5) is 13.2 Å². The maximum Gasteiger partial charge on any atom is 0.422 e. The lowest BCUT2D eigenvalue weighted by Crippen LogP contribution is -2.31. The highest BCUT2D eigenvalue weighted by Gasteiger charge is 2.37. The molecule has 5 nitrogen and oxygen atoms in total. The van der Waals surface area contributed by atoms with Gasteiger partial charge in [0.15, 0.2) is 12.2 Å². The number of alkyl halides is 3. The first kappa shape index (κ1) is 26.0. The minimum atomic E-state index is -4.56. The summed E-state index contributed by atoms with van der Waals surface area (Å²) < 4.78 is 45.8. The van der Waals surface area contributed by atoms with E-state index in [4.69, 9.17) is 27.9 Å². The van der Waals surface area contributed by atoms with Crippen molar-refractivity contribution in [2.24, 2.45) is 7.05 Å². The maximum atomic E-state index is 13.0. The number of aryl methyl sites for hydroxylation is 1. The lowest BCUT2D eigenvalue weighted by atomic mass is 9.83. The molecule has 10 heteroatoms. The molecule has 5 rings (SSSR count). The molecular formula is C28H20Cl2F3N3O2. The molecule has 0 aliphatic rings. The van der Waals surface area contributed by atoms with Gasteiger partial charge in [-0.25, -0.2) is 9.97 Å². The van der Waals surface area contributed by atoms with Gasteiger partial charge in [0.1, 0.15) is 0 Å². The Hall–Kier alpha value is -3.59. The molecule has 1 unspecified atom stereocenters. The number of fused-ring (bicyclic) bond motifs is 1. The molecule has 0 amide bonds. The minimum absolute atomic E-state index is 0.142. The highest BCUT2D eigenvalue weighted by Crippen LogP contribution is 2.43. The van der Waals surface area contributed by atoms with E-state index in [9.17, 15) is 18.3 Å². The zero-order valence-corrected chi connectivity index (χ0v) is 21.4. The summed E-state index contributed by atoms with van der Waals surface area (Å²) in [5.41, 5.74) is 0.859. The molecule has 0 aliphatic heterocycles. The summed E-state index contributed by atoms with van der Waals surface area (Å²) in [6.45, 7) is -1.52. The third kappa shape index (κ3) is 4.82. The number of imidazole rings is 1. The van der Waals surface area contributed by atoms with E-state index in [0.29, 0.717) is 38.3 Å². The molecular weight excluding hydrogens is 538 g/mol. The standard InChI is InChI=1S/C28H20Cl2F3N3O2/c1-36-16-34-14-23(36)28(37,18-7-10-20(29)11-8-18)19-9-12-22-21(13-19)25(30)24(17-5-3-2-4-6-17)26(35-22)38-15-27(31,32)33/h2-14,16,37H,15H2,1H3. The first-order valence-corrected chi connectivity index (χ1v) is 12.2. The normalized spacial score (nSPS) is 13.4. The van der Waals surface area contributed by atoms with E-state index in [0.717, 1.165) is 0 Å². The second-order valence-electron chi connectivity index (χ2n) is 8.71. The number of nitrogens with zero attached hydrogens (tertiary/aromatic N) is 3. The summed E-state index contributed by atoms with van der Waals surface area (Å²) in [5, 5.41) is 13.3. The molecule has 1 atom stereocenters. The Morgan fingerprint density at radius 1 is 0.947 bits per heavy atom. The average Bonchev–Trinajstić information content (AvgIpc) is 3.33. The monoisotopic (exact) mass is 557 g/mol. The fourth-order valence-corrected chi connectivity index (χ4v) is 4.86. The molecule has 5 aromatic rings. The van der Waals surface area contributed by atoms with Crippen molar-refractivity contribution in [3.05, 3.63) is 112 Å². The minimum Gasteiger partial charge on any atom is -0.468 e. The Balaban J connectivity index is 1.75. The smallest absolute Gasteiger partial charge is 0.422 e. The van der Waals surface area contributed by atoms with Gasteiger partial charge in [-0.3, -0.25) is 0 Å². The van der Waals surface area contributed by atoms with Crippen LogP contribution < -0.4 is 4.74 Å². The van der Waals surface area contributed by atoms with Crippen LogP contribution in [0.25, 0.3) is 22.0 Å². The highest BCUT2D eigenvalue weighted by molar-refractivity contribution is 6.38. The first-order valence-electron chi connectivity index (χ1n) is 11.4. The quantitative estimate of drug-likeness (QED) is 0.240. The fourth-order valence-electron chi connectivity index (χ4n) is 4.40. The van der Waals surface area contributed by atoms with Crippen molar-refractivity contribution in [2.45, 2.75) is 11.8 Å². The predicted octanol–water partition coefficient (Wildman–Crippen LogP) is 7.17. The van der Waals surface area contributed by atoms with Crippen molar-refractivity contribution in [1.82, 2.24) is 14.5 Å². The average molecular weight is 558 g/mol. The maximum absolute atomic E-state index is 13.0. The van der Waals surface area contributed by atoms with E-state index in [1.165, 1.54) is 0 Å². The number of hydrogen-bond donors (Lipinski definition) is 1. The van der Waals surface area contributed by atoms with E-state index in [1.807, 2.05) is 0 Å². The Morgan fingerprint density at radius 3 is 2.26 bits per heavy atom. The first-order chi connectivity index (χ1) is 18.1. The zero-order valence-electron chi connectivity index (χ0n) is 19.9. The number of hydrogen-bond acceptors (Lipinski definition) is 4. The number of benzene rings is 3. The predicted molar refractivity (Wildman–Crippen MR) is 140 cm³/mol. The Kier molecular flexibility index (Phi) is 6.81. The summed E-state index contributed by atoms with van der Waals surface area (Å²) in [5.74, 6) is -0.238. The van der Waals surface area contributed by atoms with Crippen LogP contribution in [-0.2, 0) is 12.6 Å². The molecule has 2 aromatic heterocycles. The highest BCUT2D eigenvalue weighted by atomic mass is 35.5. The van der Waals surface area contributed by atoms with E-state index in [2.05, 4.69) is 9.97 Å². The summed E-state index contributed by atoms with van der Waals surface area (Å²) in [7, 11) is 1.76. The number of ether oxygens (including phenoxy) is 1. The van der Waals surface area contributed by atoms with Gasteiger partial charge < -0.3 is 14.4 Å². The largest absolute Gasteiger partial charge is 0.468 e. The van der Waals surface area contributed by atoms with Crippen molar-refractivity contribution in [3.63, 3.8) is 0 Å². The Labute approximate surface area is 226 Å². The lowest BCUT2D eigenvalue weighted by Gasteiger charge is -2.30. The number of pyridine rings is 1. The molecule has 0 saturated carbocycles. The van der Waals surface area contributed by atoms with Crippen LogP contribution in [0, 0.1) is 0 Å². The van der Waals surface area contributed by atoms with Crippen molar-refractivity contribution in [2.75, 3.05) is 6.61 Å². The molecule has 1 N–H and O–H groups in total. The SMILES string of the molecule is Cn1cncc1C(O)(c1ccc(Cl)cc1)c1ccc2nc(OCC(F)(F)F)c(-c3ccccc3)c(Cl)c2c1. The number of aromatic nitrogens is 3. The second-order valence-corrected chi connectivity index (χ2v) is 9.53. The molecule has 0 radical (unpaired) electrons. The van der Waals surface area contributed by atoms with Crippen molar-refractivity contribution < 1.29 is 23.0 Å². The summed E-state index contributed by atoms with van der Waals surface area (Å²) >= 11 is 13.0. The van der Waals surface area contributed by atoms with Gasteiger partial charge in [-0.1, -0.05) is 71.7 Å². The molecule has 0 spiro atoms. The van der Waals surface area contributed by atoms with Crippen LogP contribution in [0.1, 0.15) is 16.8 Å². The molecule has 0 aliphatic carbocycles. The third-order valence-electron chi connectivity index (χ3n) is 6.19. The zero-order chi connectivity index (χ0) is 27.1. The Morgan fingerprint density at radius 2 is 1.63 bits per heavy atom. The van der Waals surface area contributed by atoms with E-state index >= 15 is 0 Å². The molecule has 0 saturated heterocycles. The molecule has 194 valence electrons. The van der Waals surface area contributed by atoms with Crippen molar-refractivity contribution >= 4 is 34.1 Å². The van der Waals surface area contributed by atoms with Gasteiger partial charge in [0, 0.05) is 17.5 Å². The summed E-state index contributed by atoms with van der Waals surface area (Å²) in [4.78, 5) is 8.55. The van der Waals surface area contributed by atoms with Gasteiger partial charge >= 0.3 is 6.18 Å². The van der Waals surface area contributed by atoms with Crippen LogP contribution in [0.5, 0.6) is 5.88 Å². The second kappa shape index (κ2) is 9.94. The van der Waals surface area contributed by atoms with Gasteiger partial charge in [0.25, 0.3) is 0 Å². The van der Waals surface area contributed by atoms with Gasteiger partial charge in [-0.2, -0.15) is 13.2 Å². The van der Waals surface area contributed by atoms with E-state index in [1.54, 1.807) is 96.9 Å². The molecule has 2 heterocycles. The van der Waals surface area contributed by atoms with Crippen LogP contribution in [-0.4, -0.2) is 32.4 Å². The van der Waals surface area contributed by atoms with Gasteiger partial charge in [0.2, 0.25) is 5.88 Å². The molecule has 0 fully saturated rings. The summed E-state index contributed by atoms with van der Waals surface area (Å²) in [6, 6.07) is 20.3. The van der Waals surface area contributed by atoms with E-state index in [-0.39, 0.29) is 16.5 Å². The molecule has 3 aromatic carbocycles. The van der Waals surface area contributed by atoms with Crippen molar-refractivity contribution in [1.29, 1.82) is 0 Å². The molecule has 38 heavy (non-hydrogen) atoms.